The summed E-state index contributed by atoms with van der Waals surface area (Å²) in [5.74, 6) is 0.241. The second kappa shape index (κ2) is 3.05. The van der Waals surface area contributed by atoms with Gasteiger partial charge < -0.3 is 5.11 Å². The van der Waals surface area contributed by atoms with Crippen molar-refractivity contribution in [2.75, 3.05) is 0 Å². The highest BCUT2D eigenvalue weighted by atomic mass is 79.9. The smallest absolute Gasteiger partial charge is 0.151 e. The van der Waals surface area contributed by atoms with Crippen LogP contribution in [0.5, 0.6) is 5.75 Å². The van der Waals surface area contributed by atoms with Crippen LogP contribution in [-0.2, 0) is 5.41 Å². The Morgan fingerprint density at radius 2 is 2.00 bits per heavy atom. The Bertz CT molecular complexity index is 291. The van der Waals surface area contributed by atoms with Gasteiger partial charge in [0.15, 0.2) is 5.75 Å². The third-order valence-corrected chi connectivity index (χ3v) is 2.23. The Labute approximate surface area is 80.8 Å². The van der Waals surface area contributed by atoms with Crippen LogP contribution in [0.15, 0.2) is 16.7 Å². The van der Waals surface area contributed by atoms with Crippen LogP contribution in [0.1, 0.15) is 26.5 Å². The van der Waals surface area contributed by atoms with E-state index < -0.39 is 0 Å². The van der Waals surface area contributed by atoms with Gasteiger partial charge in [-0.1, -0.05) is 20.8 Å². The molecule has 1 aromatic heterocycles. The normalized spacial score (nSPS) is 11.7. The van der Waals surface area contributed by atoms with E-state index in [0.717, 1.165) is 5.69 Å². The second-order valence-corrected chi connectivity index (χ2v) is 4.59. The number of nitrogens with zero attached hydrogens (tertiary/aromatic N) is 1. The first-order valence-electron chi connectivity index (χ1n) is 3.77. The highest BCUT2D eigenvalue weighted by Gasteiger charge is 2.20. The maximum atomic E-state index is 9.62. The summed E-state index contributed by atoms with van der Waals surface area (Å²) in [6.45, 7) is 6.05. The summed E-state index contributed by atoms with van der Waals surface area (Å²) in [5.41, 5.74) is 0.602. The highest BCUT2D eigenvalue weighted by Crippen LogP contribution is 2.33. The Balaban J connectivity index is 3.26. The molecule has 0 saturated heterocycles. The van der Waals surface area contributed by atoms with Crippen LogP contribution >= 0.6 is 15.9 Å². The molecule has 0 aromatic carbocycles. The number of halogens is 1. The van der Waals surface area contributed by atoms with Gasteiger partial charge in [-0.25, -0.2) is 0 Å². The van der Waals surface area contributed by atoms with Crippen molar-refractivity contribution in [3.8, 4) is 5.75 Å². The number of hydrogen-bond donors (Lipinski definition) is 1. The number of rotatable bonds is 0. The molecular weight excluding hydrogens is 218 g/mol. The summed E-state index contributed by atoms with van der Waals surface area (Å²) in [6.07, 6.45) is 1.68. The van der Waals surface area contributed by atoms with E-state index in [1.807, 2.05) is 20.8 Å². The van der Waals surface area contributed by atoms with Gasteiger partial charge in [0.1, 0.15) is 0 Å². The molecule has 0 fully saturated rings. The van der Waals surface area contributed by atoms with Gasteiger partial charge in [0.25, 0.3) is 0 Å². The minimum Gasteiger partial charge on any atom is -0.505 e. The molecule has 66 valence electrons. The van der Waals surface area contributed by atoms with Crippen molar-refractivity contribution in [1.82, 2.24) is 4.98 Å². The molecule has 1 aromatic rings. The van der Waals surface area contributed by atoms with Crippen LogP contribution in [0.3, 0.4) is 0 Å². The molecule has 1 rings (SSSR count). The average Bonchev–Trinajstić information content (AvgIpc) is 1.92. The van der Waals surface area contributed by atoms with Crippen molar-refractivity contribution in [2.45, 2.75) is 26.2 Å². The van der Waals surface area contributed by atoms with Gasteiger partial charge in [0, 0.05) is 11.6 Å². The van der Waals surface area contributed by atoms with Gasteiger partial charge in [-0.3, -0.25) is 4.98 Å². The fourth-order valence-electron chi connectivity index (χ4n) is 0.979. The monoisotopic (exact) mass is 229 g/mol. The molecular formula is C9H12BrNO. The van der Waals surface area contributed by atoms with Crippen molar-refractivity contribution in [3.63, 3.8) is 0 Å². The summed E-state index contributed by atoms with van der Waals surface area (Å²) in [7, 11) is 0. The summed E-state index contributed by atoms with van der Waals surface area (Å²) < 4.78 is 0.697. The Morgan fingerprint density at radius 1 is 1.42 bits per heavy atom. The highest BCUT2D eigenvalue weighted by molar-refractivity contribution is 9.10. The third kappa shape index (κ3) is 1.78. The molecule has 1 heterocycles. The van der Waals surface area contributed by atoms with Gasteiger partial charge in [-0.2, -0.15) is 0 Å². The number of hydrogen-bond acceptors (Lipinski definition) is 2. The molecule has 0 radical (unpaired) electrons. The average molecular weight is 230 g/mol. The van der Waals surface area contributed by atoms with Gasteiger partial charge in [-0.05, 0) is 22.0 Å². The molecule has 3 heteroatoms. The molecule has 0 unspecified atom stereocenters. The van der Waals surface area contributed by atoms with E-state index in [2.05, 4.69) is 20.9 Å². The topological polar surface area (TPSA) is 33.1 Å². The van der Waals surface area contributed by atoms with E-state index in [9.17, 15) is 5.11 Å². The summed E-state index contributed by atoms with van der Waals surface area (Å²) >= 11 is 3.25. The molecule has 0 aliphatic rings. The van der Waals surface area contributed by atoms with Gasteiger partial charge in [0.05, 0.1) is 10.2 Å². The van der Waals surface area contributed by atoms with Crippen LogP contribution in [-0.4, -0.2) is 10.1 Å². The zero-order valence-corrected chi connectivity index (χ0v) is 9.01. The molecule has 2 nitrogen and oxygen atoms in total. The molecule has 0 bridgehead atoms. The molecule has 0 aliphatic carbocycles. The predicted molar refractivity (Wildman–Crippen MR) is 52.3 cm³/mol. The molecule has 0 amide bonds. The van der Waals surface area contributed by atoms with E-state index in [0.29, 0.717) is 4.47 Å². The first-order chi connectivity index (χ1) is 5.43. The first-order valence-corrected chi connectivity index (χ1v) is 4.56. The number of pyridine rings is 1. The van der Waals surface area contributed by atoms with Crippen LogP contribution in [0.4, 0.5) is 0 Å². The molecule has 0 saturated carbocycles. The number of aromatic nitrogens is 1. The quantitative estimate of drug-likeness (QED) is 0.743. The fourth-order valence-corrected chi connectivity index (χ4v) is 1.29. The largest absolute Gasteiger partial charge is 0.505 e. The van der Waals surface area contributed by atoms with Crippen molar-refractivity contribution in [2.24, 2.45) is 0 Å². The van der Waals surface area contributed by atoms with E-state index in [1.165, 1.54) is 0 Å². The van der Waals surface area contributed by atoms with Gasteiger partial charge in [0.2, 0.25) is 0 Å². The second-order valence-electron chi connectivity index (χ2n) is 3.74. The lowest BCUT2D eigenvalue weighted by molar-refractivity contribution is 0.434. The molecule has 1 N–H and O–H groups in total. The first kappa shape index (κ1) is 9.52. The lowest BCUT2D eigenvalue weighted by atomic mass is 9.91. The fraction of sp³-hybridized carbons (Fsp3) is 0.444. The standard InChI is InChI=1S/C9H12BrNO/c1-9(2,3)8-7(12)6(10)4-5-11-8/h4-5,12H,1-3H3. The molecule has 0 aliphatic heterocycles. The Hall–Kier alpha value is -0.570. The molecule has 0 spiro atoms. The maximum Gasteiger partial charge on any atom is 0.151 e. The van der Waals surface area contributed by atoms with Crippen LogP contribution < -0.4 is 0 Å². The molecule has 12 heavy (non-hydrogen) atoms. The summed E-state index contributed by atoms with van der Waals surface area (Å²) in [5, 5.41) is 9.62. The van der Waals surface area contributed by atoms with Crippen LogP contribution in [0, 0.1) is 0 Å². The van der Waals surface area contributed by atoms with Crippen LogP contribution in [0.2, 0.25) is 0 Å². The maximum absolute atomic E-state index is 9.62. The van der Waals surface area contributed by atoms with Gasteiger partial charge >= 0.3 is 0 Å². The predicted octanol–water partition coefficient (Wildman–Crippen LogP) is 2.85. The van der Waals surface area contributed by atoms with E-state index in [4.69, 9.17) is 0 Å². The molecule has 0 atom stereocenters. The summed E-state index contributed by atoms with van der Waals surface area (Å²) in [6, 6.07) is 1.73. The minimum absolute atomic E-state index is 0.117. The summed E-state index contributed by atoms with van der Waals surface area (Å²) in [4.78, 5) is 4.13. The zero-order valence-electron chi connectivity index (χ0n) is 7.43. The van der Waals surface area contributed by atoms with Crippen LogP contribution in [0.25, 0.3) is 0 Å². The zero-order chi connectivity index (χ0) is 9.35. The minimum atomic E-state index is -0.117. The Kier molecular flexibility index (Phi) is 2.42. The SMILES string of the molecule is CC(C)(C)c1nccc(Br)c1O. The lowest BCUT2D eigenvalue weighted by Crippen LogP contribution is -2.13. The van der Waals surface area contributed by atoms with Crippen molar-refractivity contribution in [3.05, 3.63) is 22.4 Å². The Morgan fingerprint density at radius 3 is 2.42 bits per heavy atom. The number of aromatic hydroxyl groups is 1. The van der Waals surface area contributed by atoms with E-state index >= 15 is 0 Å². The van der Waals surface area contributed by atoms with Crippen molar-refractivity contribution >= 4 is 15.9 Å². The van der Waals surface area contributed by atoms with Crippen molar-refractivity contribution in [1.29, 1.82) is 0 Å². The van der Waals surface area contributed by atoms with E-state index in [-0.39, 0.29) is 11.2 Å². The third-order valence-electron chi connectivity index (χ3n) is 1.59. The lowest BCUT2D eigenvalue weighted by Gasteiger charge is -2.18. The van der Waals surface area contributed by atoms with Gasteiger partial charge in [-0.15, -0.1) is 0 Å². The van der Waals surface area contributed by atoms with E-state index in [1.54, 1.807) is 12.3 Å². The van der Waals surface area contributed by atoms with Crippen molar-refractivity contribution < 1.29 is 5.11 Å².